The molecule has 1 amide bonds. The molecule has 130 valence electrons. The molecule has 1 aromatic heterocycles. The molecule has 24 heavy (non-hydrogen) atoms. The quantitative estimate of drug-likeness (QED) is 0.869. The molecule has 0 unspecified atom stereocenters. The number of nitrogens with one attached hydrogen (secondary N) is 1. The van der Waals surface area contributed by atoms with E-state index < -0.39 is 6.43 Å². The lowest BCUT2D eigenvalue weighted by Crippen LogP contribution is -2.14. The van der Waals surface area contributed by atoms with Gasteiger partial charge >= 0.3 is 0 Å². The van der Waals surface area contributed by atoms with Crippen LogP contribution >= 0.6 is 0 Å². The monoisotopic (exact) mass is 335 g/mol. The van der Waals surface area contributed by atoms with Gasteiger partial charge in [-0.25, -0.2) is 8.78 Å². The first-order valence-electron chi connectivity index (χ1n) is 7.87. The van der Waals surface area contributed by atoms with Crippen molar-refractivity contribution in [3.63, 3.8) is 0 Å². The number of rotatable bonds is 5. The van der Waals surface area contributed by atoms with Crippen molar-refractivity contribution in [2.24, 2.45) is 12.5 Å². The molecular weight excluding hydrogens is 312 g/mol. The summed E-state index contributed by atoms with van der Waals surface area (Å²) in [6.07, 6.45) is 2.00. The van der Waals surface area contributed by atoms with Crippen molar-refractivity contribution in [3.05, 3.63) is 47.3 Å². The topological polar surface area (TPSA) is 46.9 Å². The first kappa shape index (κ1) is 18.1. The standard InChI is InChI=1S/C18H23F2N3O/c1-18(2,3)8-7-12-9-13(16(19)20)5-6-15(12)22-17(24)14-10-21-23(4)11-14/h5-6,9-11,16H,7-8H2,1-4H3,(H,22,24). The second-order valence-corrected chi connectivity index (χ2v) is 7.13. The highest BCUT2D eigenvalue weighted by molar-refractivity contribution is 6.04. The number of aromatic nitrogens is 2. The number of halogens is 2. The Bertz CT molecular complexity index is 717. The lowest BCUT2D eigenvalue weighted by Gasteiger charge is -2.20. The summed E-state index contributed by atoms with van der Waals surface area (Å²) in [5, 5.41) is 6.77. The number of hydrogen-bond acceptors (Lipinski definition) is 2. The molecule has 0 radical (unpaired) electrons. The second kappa shape index (κ2) is 7.11. The number of hydrogen-bond donors (Lipinski definition) is 1. The number of benzene rings is 1. The zero-order valence-corrected chi connectivity index (χ0v) is 14.4. The third-order valence-corrected chi connectivity index (χ3v) is 3.74. The predicted molar refractivity (Wildman–Crippen MR) is 90.3 cm³/mol. The van der Waals surface area contributed by atoms with Gasteiger partial charge in [0.05, 0.1) is 11.8 Å². The minimum Gasteiger partial charge on any atom is -0.322 e. The molecule has 0 aliphatic carbocycles. The molecule has 2 rings (SSSR count). The number of carbonyl (C=O) groups is 1. The Kier molecular flexibility index (Phi) is 5.36. The smallest absolute Gasteiger partial charge is 0.263 e. The van der Waals surface area contributed by atoms with Gasteiger partial charge in [0.15, 0.2) is 0 Å². The molecule has 0 fully saturated rings. The van der Waals surface area contributed by atoms with Crippen molar-refractivity contribution < 1.29 is 13.6 Å². The van der Waals surface area contributed by atoms with Crippen LogP contribution in [0.15, 0.2) is 30.6 Å². The van der Waals surface area contributed by atoms with Crippen molar-refractivity contribution in [1.29, 1.82) is 0 Å². The third-order valence-electron chi connectivity index (χ3n) is 3.74. The van der Waals surface area contributed by atoms with Gasteiger partial charge < -0.3 is 5.32 Å². The summed E-state index contributed by atoms with van der Waals surface area (Å²) in [5.74, 6) is -0.301. The van der Waals surface area contributed by atoms with Gasteiger partial charge in [0.2, 0.25) is 0 Å². The normalized spacial score (nSPS) is 11.8. The van der Waals surface area contributed by atoms with Gasteiger partial charge in [0.1, 0.15) is 0 Å². The van der Waals surface area contributed by atoms with Crippen molar-refractivity contribution in [1.82, 2.24) is 9.78 Å². The highest BCUT2D eigenvalue weighted by Gasteiger charge is 2.17. The van der Waals surface area contributed by atoms with E-state index in [0.29, 0.717) is 17.7 Å². The molecule has 0 aliphatic heterocycles. The van der Waals surface area contributed by atoms with Crippen molar-refractivity contribution in [2.75, 3.05) is 5.32 Å². The van der Waals surface area contributed by atoms with Gasteiger partial charge in [-0.15, -0.1) is 0 Å². The Labute approximate surface area is 140 Å². The van der Waals surface area contributed by atoms with Crippen LogP contribution in [-0.4, -0.2) is 15.7 Å². The molecular formula is C18H23F2N3O. The van der Waals surface area contributed by atoms with E-state index in [-0.39, 0.29) is 16.9 Å². The average molecular weight is 335 g/mol. The fourth-order valence-electron chi connectivity index (χ4n) is 2.32. The van der Waals surface area contributed by atoms with E-state index in [9.17, 15) is 13.6 Å². The summed E-state index contributed by atoms with van der Waals surface area (Å²) in [7, 11) is 1.73. The van der Waals surface area contributed by atoms with Gasteiger partial charge in [-0.05, 0) is 36.0 Å². The Morgan fingerprint density at radius 3 is 2.58 bits per heavy atom. The van der Waals surface area contributed by atoms with E-state index in [1.807, 2.05) is 0 Å². The molecule has 1 N–H and O–H groups in total. The number of amides is 1. The maximum atomic E-state index is 13.0. The fraction of sp³-hybridized carbons (Fsp3) is 0.444. The maximum Gasteiger partial charge on any atom is 0.263 e. The van der Waals surface area contributed by atoms with Crippen LogP contribution in [0.1, 0.15) is 55.1 Å². The van der Waals surface area contributed by atoms with Gasteiger partial charge in [-0.3, -0.25) is 9.48 Å². The lowest BCUT2D eigenvalue weighted by atomic mass is 9.88. The lowest BCUT2D eigenvalue weighted by molar-refractivity contribution is 0.102. The molecule has 0 bridgehead atoms. The van der Waals surface area contributed by atoms with Gasteiger partial charge in [0.25, 0.3) is 12.3 Å². The van der Waals surface area contributed by atoms with Gasteiger partial charge in [-0.2, -0.15) is 5.10 Å². The first-order valence-corrected chi connectivity index (χ1v) is 7.87. The Hall–Kier alpha value is -2.24. The van der Waals surface area contributed by atoms with Gasteiger partial charge in [0, 0.05) is 24.5 Å². The van der Waals surface area contributed by atoms with Crippen molar-refractivity contribution >= 4 is 11.6 Å². The molecule has 1 aromatic carbocycles. The zero-order valence-electron chi connectivity index (χ0n) is 14.4. The van der Waals surface area contributed by atoms with Crippen LogP contribution in [-0.2, 0) is 13.5 Å². The first-order chi connectivity index (χ1) is 11.2. The van der Waals surface area contributed by atoms with Crippen molar-refractivity contribution in [2.45, 2.75) is 40.0 Å². The van der Waals surface area contributed by atoms with Crippen LogP contribution in [0, 0.1) is 5.41 Å². The van der Waals surface area contributed by atoms with Crippen LogP contribution in [0.4, 0.5) is 14.5 Å². The molecule has 1 heterocycles. The van der Waals surface area contributed by atoms with Crippen LogP contribution in [0.2, 0.25) is 0 Å². The number of carbonyl (C=O) groups excluding carboxylic acids is 1. The Morgan fingerprint density at radius 1 is 1.33 bits per heavy atom. The predicted octanol–water partition coefficient (Wildman–Crippen LogP) is 4.59. The molecule has 0 aliphatic rings. The summed E-state index contributed by atoms with van der Waals surface area (Å²) in [6, 6.07) is 4.38. The highest BCUT2D eigenvalue weighted by atomic mass is 19.3. The number of anilines is 1. The Balaban J connectivity index is 2.25. The average Bonchev–Trinajstić information content (AvgIpc) is 2.91. The summed E-state index contributed by atoms with van der Waals surface area (Å²) in [4.78, 5) is 12.3. The fourth-order valence-corrected chi connectivity index (χ4v) is 2.32. The van der Waals surface area contributed by atoms with E-state index in [4.69, 9.17) is 0 Å². The molecule has 0 atom stereocenters. The minimum atomic E-state index is -2.53. The van der Waals surface area contributed by atoms with Crippen LogP contribution in [0.25, 0.3) is 0 Å². The second-order valence-electron chi connectivity index (χ2n) is 7.13. The summed E-state index contributed by atoms with van der Waals surface area (Å²) in [6.45, 7) is 6.29. The largest absolute Gasteiger partial charge is 0.322 e. The summed E-state index contributed by atoms with van der Waals surface area (Å²) in [5.41, 5.74) is 1.76. The van der Waals surface area contributed by atoms with Crippen LogP contribution in [0.5, 0.6) is 0 Å². The van der Waals surface area contributed by atoms with E-state index in [2.05, 4.69) is 31.2 Å². The molecule has 6 heteroatoms. The number of alkyl halides is 2. The SMILES string of the molecule is Cn1cc(C(=O)Nc2ccc(C(F)F)cc2CCC(C)(C)C)cn1. The number of aryl methyl sites for hydroxylation is 2. The van der Waals surface area contributed by atoms with E-state index in [0.717, 1.165) is 12.0 Å². The van der Waals surface area contributed by atoms with Crippen molar-refractivity contribution in [3.8, 4) is 0 Å². The van der Waals surface area contributed by atoms with Crippen LogP contribution < -0.4 is 5.32 Å². The van der Waals surface area contributed by atoms with E-state index in [1.54, 1.807) is 19.3 Å². The van der Waals surface area contributed by atoms with Gasteiger partial charge in [-0.1, -0.05) is 26.8 Å². The third kappa shape index (κ3) is 4.88. The molecule has 0 spiro atoms. The van der Waals surface area contributed by atoms with E-state index in [1.165, 1.54) is 23.0 Å². The summed E-state index contributed by atoms with van der Waals surface area (Å²) < 4.78 is 27.5. The highest BCUT2D eigenvalue weighted by Crippen LogP contribution is 2.29. The maximum absolute atomic E-state index is 13.0. The molecule has 0 saturated carbocycles. The van der Waals surface area contributed by atoms with E-state index >= 15 is 0 Å². The minimum absolute atomic E-state index is 0.0294. The molecule has 0 saturated heterocycles. The van der Waals surface area contributed by atoms with Crippen LogP contribution in [0.3, 0.4) is 0 Å². The number of nitrogens with zero attached hydrogens (tertiary/aromatic N) is 2. The molecule has 2 aromatic rings. The zero-order chi connectivity index (χ0) is 17.9. The summed E-state index contributed by atoms with van der Waals surface area (Å²) >= 11 is 0. The Morgan fingerprint density at radius 2 is 2.04 bits per heavy atom. The molecule has 4 nitrogen and oxygen atoms in total.